The van der Waals surface area contributed by atoms with E-state index in [1.54, 1.807) is 85.0 Å². The number of terminal acetylenes is 1. The second-order valence-electron chi connectivity index (χ2n) is 12.5. The highest BCUT2D eigenvalue weighted by Crippen LogP contribution is 2.21. The summed E-state index contributed by atoms with van der Waals surface area (Å²) in [7, 11) is 1.57. The van der Waals surface area contributed by atoms with E-state index < -0.39 is 35.1 Å². The topological polar surface area (TPSA) is 146 Å². The van der Waals surface area contributed by atoms with E-state index in [-0.39, 0.29) is 30.9 Å². The van der Waals surface area contributed by atoms with Crippen molar-refractivity contribution in [1.29, 1.82) is 0 Å². The van der Waals surface area contributed by atoms with Crippen LogP contribution in [0.5, 0.6) is 0 Å². The molecule has 0 saturated carbocycles. The molecule has 2 aromatic carbocycles. The van der Waals surface area contributed by atoms with Gasteiger partial charge in [-0.1, -0.05) is 12.0 Å². The third-order valence-corrected chi connectivity index (χ3v) is 6.38. The van der Waals surface area contributed by atoms with Gasteiger partial charge in [-0.15, -0.1) is 6.42 Å². The molecule has 0 fully saturated rings. The first-order valence-corrected chi connectivity index (χ1v) is 14.3. The molecule has 0 unspecified atom stereocenters. The summed E-state index contributed by atoms with van der Waals surface area (Å²) in [5.41, 5.74) is 6.51. The number of ether oxygens (including phenoxy) is 2. The lowest BCUT2D eigenvalue weighted by molar-refractivity contribution is -0.158. The summed E-state index contributed by atoms with van der Waals surface area (Å²) in [5.74, 6) is 1.15. The van der Waals surface area contributed by atoms with Gasteiger partial charge in [-0.05, 0) is 89.9 Å². The number of nitrogen functional groups attached to an aromatic ring is 1. The number of aromatic nitrogens is 2. The quantitative estimate of drug-likeness (QED) is 0.262. The van der Waals surface area contributed by atoms with Gasteiger partial charge in [0.1, 0.15) is 17.2 Å². The highest BCUT2D eigenvalue weighted by Gasteiger charge is 2.28. The minimum absolute atomic E-state index is 0.0145. The number of hydrogen-bond donors (Lipinski definition) is 2. The summed E-state index contributed by atoms with van der Waals surface area (Å²) in [4.78, 5) is 57.3. The molecule has 1 atom stereocenters. The highest BCUT2D eigenvalue weighted by atomic mass is 16.6. The first kappa shape index (κ1) is 33.6. The molecular weight excluding hydrogens is 562 g/mol. The molecular formula is C33H41N5O6. The van der Waals surface area contributed by atoms with Gasteiger partial charge in [0.25, 0.3) is 11.5 Å². The summed E-state index contributed by atoms with van der Waals surface area (Å²) in [6.07, 6.45) is 5.59. The Morgan fingerprint density at radius 3 is 2.27 bits per heavy atom. The van der Waals surface area contributed by atoms with Crippen molar-refractivity contribution in [3.63, 3.8) is 0 Å². The Morgan fingerprint density at radius 2 is 1.68 bits per heavy atom. The van der Waals surface area contributed by atoms with Crippen molar-refractivity contribution in [3.8, 4) is 12.3 Å². The Morgan fingerprint density at radius 1 is 1.05 bits per heavy atom. The van der Waals surface area contributed by atoms with Crippen LogP contribution in [0.15, 0.2) is 47.3 Å². The molecule has 11 nitrogen and oxygen atoms in total. The van der Waals surface area contributed by atoms with Gasteiger partial charge in [0.15, 0.2) is 0 Å². The molecule has 1 aromatic heterocycles. The van der Waals surface area contributed by atoms with Gasteiger partial charge in [-0.2, -0.15) is 0 Å². The maximum Gasteiger partial charge on any atom is 0.329 e. The van der Waals surface area contributed by atoms with Crippen molar-refractivity contribution < 1.29 is 23.9 Å². The summed E-state index contributed by atoms with van der Waals surface area (Å²) in [5, 5.41) is 3.15. The number of fused-ring (bicyclic) bond motifs is 1. The van der Waals surface area contributed by atoms with Gasteiger partial charge in [-0.3, -0.25) is 19.0 Å². The number of rotatable bonds is 10. The fourth-order valence-corrected chi connectivity index (χ4v) is 4.34. The largest absolute Gasteiger partial charge is 0.460 e. The predicted molar refractivity (Wildman–Crippen MR) is 170 cm³/mol. The Balaban J connectivity index is 1.77. The molecule has 0 aliphatic rings. The zero-order valence-corrected chi connectivity index (χ0v) is 26.4. The van der Waals surface area contributed by atoms with Crippen molar-refractivity contribution in [2.24, 2.45) is 7.05 Å². The molecule has 0 aliphatic heterocycles. The summed E-state index contributed by atoms with van der Waals surface area (Å²) < 4.78 is 12.1. The zero-order chi connectivity index (χ0) is 32.8. The molecule has 3 rings (SSSR count). The average molecular weight is 604 g/mol. The van der Waals surface area contributed by atoms with Gasteiger partial charge in [0.2, 0.25) is 5.95 Å². The van der Waals surface area contributed by atoms with Crippen LogP contribution in [0.3, 0.4) is 0 Å². The monoisotopic (exact) mass is 603 g/mol. The van der Waals surface area contributed by atoms with E-state index in [1.165, 1.54) is 4.57 Å². The zero-order valence-electron chi connectivity index (χ0n) is 26.4. The molecule has 3 aromatic rings. The van der Waals surface area contributed by atoms with E-state index in [1.807, 2.05) is 11.0 Å². The number of anilines is 2. The summed E-state index contributed by atoms with van der Waals surface area (Å²) in [6, 6.07) is 11.0. The molecule has 0 spiro atoms. The van der Waals surface area contributed by atoms with Gasteiger partial charge >= 0.3 is 11.9 Å². The number of nitrogens with zero attached hydrogens (tertiary/aromatic N) is 3. The summed E-state index contributed by atoms with van der Waals surface area (Å²) >= 11 is 0. The first-order valence-electron chi connectivity index (χ1n) is 14.3. The highest BCUT2D eigenvalue weighted by molar-refractivity contribution is 5.97. The van der Waals surface area contributed by atoms with E-state index in [2.05, 4.69) is 16.2 Å². The number of nitrogens with one attached hydrogen (secondary N) is 1. The molecule has 0 saturated heterocycles. The third kappa shape index (κ3) is 9.33. The Bertz CT molecular complexity index is 1620. The number of carbonyl (C=O) groups excluding carboxylic acids is 3. The van der Waals surface area contributed by atoms with Crippen LogP contribution in [0, 0.1) is 12.3 Å². The van der Waals surface area contributed by atoms with Crippen LogP contribution >= 0.6 is 0 Å². The number of nitrogens with two attached hydrogens (primary N) is 1. The Labute approximate surface area is 257 Å². The van der Waals surface area contributed by atoms with Crippen molar-refractivity contribution in [2.75, 3.05) is 17.2 Å². The predicted octanol–water partition coefficient (Wildman–Crippen LogP) is 3.72. The number of carbonyl (C=O) groups is 3. The number of hydrogen-bond acceptors (Lipinski definition) is 9. The van der Waals surface area contributed by atoms with E-state index in [9.17, 15) is 19.2 Å². The van der Waals surface area contributed by atoms with Crippen LogP contribution in [-0.4, -0.2) is 51.2 Å². The first-order chi connectivity index (χ1) is 20.5. The van der Waals surface area contributed by atoms with E-state index in [0.29, 0.717) is 23.0 Å². The number of esters is 2. The fraction of sp³-hybridized carbons (Fsp3) is 0.424. The van der Waals surface area contributed by atoms with Crippen LogP contribution in [-0.2, 0) is 32.7 Å². The molecule has 234 valence electrons. The second kappa shape index (κ2) is 13.6. The molecule has 44 heavy (non-hydrogen) atoms. The lowest BCUT2D eigenvalue weighted by Crippen LogP contribution is -2.44. The van der Waals surface area contributed by atoms with E-state index in [0.717, 1.165) is 11.3 Å². The summed E-state index contributed by atoms with van der Waals surface area (Å²) in [6.45, 7) is 11.1. The number of benzene rings is 2. The van der Waals surface area contributed by atoms with Crippen LogP contribution in [0.4, 0.5) is 11.6 Å². The minimum atomic E-state index is -1.06. The SMILES string of the molecule is C#CCN(Cc1ccc2nc(N)n(C)c(=O)c2c1)c1ccc(C(=O)N[C@H](CCC(=O)OC(C)(C)C)C(=O)OC(C)(C)C)cc1. The van der Waals surface area contributed by atoms with E-state index >= 15 is 0 Å². The van der Waals surface area contributed by atoms with Gasteiger partial charge < -0.3 is 25.4 Å². The molecule has 1 heterocycles. The molecule has 0 bridgehead atoms. The Kier molecular flexibility index (Phi) is 10.4. The lowest BCUT2D eigenvalue weighted by Gasteiger charge is -2.25. The average Bonchev–Trinajstić information content (AvgIpc) is 2.92. The maximum absolute atomic E-state index is 13.2. The molecule has 0 aliphatic carbocycles. The van der Waals surface area contributed by atoms with Gasteiger partial charge in [0, 0.05) is 31.3 Å². The van der Waals surface area contributed by atoms with Crippen molar-refractivity contribution >= 4 is 40.4 Å². The van der Waals surface area contributed by atoms with Crippen molar-refractivity contribution in [3.05, 3.63) is 63.9 Å². The number of amides is 1. The van der Waals surface area contributed by atoms with Crippen LogP contribution in [0.25, 0.3) is 10.9 Å². The maximum atomic E-state index is 13.2. The van der Waals surface area contributed by atoms with Gasteiger partial charge in [0.05, 0.1) is 17.4 Å². The van der Waals surface area contributed by atoms with Crippen molar-refractivity contribution in [2.45, 2.75) is 78.2 Å². The standard InChI is InChI=1S/C33H41N5O6/c1-9-18-38(20-21-10-15-25-24(19-21)29(41)37(8)31(34)36-25)23-13-11-22(12-14-23)28(40)35-26(30(42)44-33(5,6)7)16-17-27(39)43-32(2,3)4/h1,10-15,19,26H,16-18,20H2,2-8H3,(H2,34,36)(H,35,40)/t26-/m1/s1. The van der Waals surface area contributed by atoms with E-state index in [4.69, 9.17) is 21.6 Å². The molecule has 1 amide bonds. The third-order valence-electron chi connectivity index (χ3n) is 6.38. The fourth-order valence-electron chi connectivity index (χ4n) is 4.34. The van der Waals surface area contributed by atoms with Gasteiger partial charge in [-0.25, -0.2) is 9.78 Å². The van der Waals surface area contributed by atoms with Crippen LogP contribution in [0.2, 0.25) is 0 Å². The minimum Gasteiger partial charge on any atom is -0.460 e. The Hall–Kier alpha value is -4.85. The normalized spacial score (nSPS) is 12.2. The molecule has 11 heteroatoms. The lowest BCUT2D eigenvalue weighted by atomic mass is 10.1. The van der Waals surface area contributed by atoms with Crippen molar-refractivity contribution in [1.82, 2.24) is 14.9 Å². The second-order valence-corrected chi connectivity index (χ2v) is 12.5. The van der Waals surface area contributed by atoms with Crippen LogP contribution < -0.4 is 21.5 Å². The van der Waals surface area contributed by atoms with Crippen LogP contribution in [0.1, 0.15) is 70.3 Å². The molecule has 3 N–H and O–H groups in total. The molecule has 0 radical (unpaired) electrons. The smallest absolute Gasteiger partial charge is 0.329 e.